The van der Waals surface area contributed by atoms with Gasteiger partial charge in [0, 0.05) is 18.3 Å². The number of rotatable bonds is 7. The van der Waals surface area contributed by atoms with Crippen molar-refractivity contribution in [2.45, 2.75) is 33.6 Å². The number of alkyl halides is 1. The molecule has 0 amide bonds. The van der Waals surface area contributed by atoms with Crippen LogP contribution >= 0.6 is 11.6 Å². The maximum Gasteiger partial charge on any atom is 0.172 e. The van der Waals surface area contributed by atoms with Gasteiger partial charge in [0.2, 0.25) is 0 Å². The van der Waals surface area contributed by atoms with Crippen LogP contribution in [0.2, 0.25) is 0 Å². The summed E-state index contributed by atoms with van der Waals surface area (Å²) >= 11 is 5.44. The summed E-state index contributed by atoms with van der Waals surface area (Å²) in [4.78, 5) is 11.1. The second kappa shape index (κ2) is 7.86. The van der Waals surface area contributed by atoms with Gasteiger partial charge in [0.05, 0.1) is 5.88 Å². The molecular formula is C11H20ClNO. The third-order valence-electron chi connectivity index (χ3n) is 1.93. The van der Waals surface area contributed by atoms with E-state index < -0.39 is 0 Å². The van der Waals surface area contributed by atoms with Crippen molar-refractivity contribution in [1.29, 1.82) is 0 Å². The van der Waals surface area contributed by atoms with Crippen molar-refractivity contribution in [1.82, 2.24) is 5.32 Å². The van der Waals surface area contributed by atoms with Crippen molar-refractivity contribution in [2.24, 2.45) is 5.92 Å². The van der Waals surface area contributed by atoms with E-state index in [1.807, 2.05) is 0 Å². The lowest BCUT2D eigenvalue weighted by Crippen LogP contribution is -2.20. The minimum atomic E-state index is -0.0284. The van der Waals surface area contributed by atoms with Crippen LogP contribution in [0.5, 0.6) is 0 Å². The first-order valence-corrected chi connectivity index (χ1v) is 5.69. The topological polar surface area (TPSA) is 29.1 Å². The van der Waals surface area contributed by atoms with Gasteiger partial charge >= 0.3 is 0 Å². The molecule has 0 spiro atoms. The highest BCUT2D eigenvalue weighted by molar-refractivity contribution is 6.29. The van der Waals surface area contributed by atoms with Crippen LogP contribution in [-0.2, 0) is 4.79 Å². The number of carbonyl (C=O) groups is 1. The molecular weight excluding hydrogens is 198 g/mol. The first kappa shape index (κ1) is 13.5. The summed E-state index contributed by atoms with van der Waals surface area (Å²) in [7, 11) is 0. The summed E-state index contributed by atoms with van der Waals surface area (Å²) in [6.45, 7) is 7.19. The summed E-state index contributed by atoms with van der Waals surface area (Å²) in [6, 6.07) is 0. The zero-order valence-corrected chi connectivity index (χ0v) is 10.0. The highest BCUT2D eigenvalue weighted by atomic mass is 35.5. The molecule has 3 heteroatoms. The van der Waals surface area contributed by atoms with Crippen molar-refractivity contribution in [3.63, 3.8) is 0 Å². The van der Waals surface area contributed by atoms with Gasteiger partial charge in [-0.1, -0.05) is 27.2 Å². The lowest BCUT2D eigenvalue weighted by molar-refractivity contribution is -0.112. The van der Waals surface area contributed by atoms with Crippen molar-refractivity contribution >= 4 is 17.4 Å². The number of allylic oxidation sites excluding steroid dienone is 2. The van der Waals surface area contributed by atoms with E-state index in [9.17, 15) is 4.79 Å². The molecule has 0 aliphatic carbocycles. The monoisotopic (exact) mass is 217 g/mol. The first-order valence-electron chi connectivity index (χ1n) is 5.16. The molecule has 2 nitrogen and oxygen atoms in total. The van der Waals surface area contributed by atoms with Crippen molar-refractivity contribution in [2.75, 3.05) is 12.4 Å². The molecule has 0 saturated heterocycles. The van der Waals surface area contributed by atoms with Gasteiger partial charge in [0.15, 0.2) is 5.78 Å². The SMILES string of the molecule is CCCCN/C(=C\C(=O)CCl)C(C)C. The standard InChI is InChI=1S/C11H20ClNO/c1-4-5-6-13-11(9(2)3)7-10(14)8-12/h7,9,13H,4-6,8H2,1-3H3/b11-7-. The number of halogens is 1. The number of nitrogens with one attached hydrogen (secondary N) is 1. The van der Waals surface area contributed by atoms with E-state index in [-0.39, 0.29) is 11.7 Å². The molecule has 0 aliphatic rings. The number of unbranched alkanes of at least 4 members (excludes halogenated alkanes) is 1. The average molecular weight is 218 g/mol. The molecule has 0 rings (SSSR count). The van der Waals surface area contributed by atoms with Gasteiger partial charge in [0.1, 0.15) is 0 Å². The van der Waals surface area contributed by atoms with Crippen LogP contribution in [0.25, 0.3) is 0 Å². The minimum absolute atomic E-state index is 0.0284. The fraction of sp³-hybridized carbons (Fsp3) is 0.727. The highest BCUT2D eigenvalue weighted by Crippen LogP contribution is 2.06. The normalized spacial score (nSPS) is 11.9. The summed E-state index contributed by atoms with van der Waals surface area (Å²) in [5, 5.41) is 3.27. The van der Waals surface area contributed by atoms with Crippen LogP contribution < -0.4 is 5.32 Å². The molecule has 0 aromatic heterocycles. The Hall–Kier alpha value is -0.500. The van der Waals surface area contributed by atoms with E-state index >= 15 is 0 Å². The maximum absolute atomic E-state index is 11.1. The van der Waals surface area contributed by atoms with Crippen LogP contribution in [0, 0.1) is 5.92 Å². The summed E-state index contributed by atoms with van der Waals surface area (Å²) in [5.74, 6) is 0.379. The predicted molar refractivity (Wildman–Crippen MR) is 61.6 cm³/mol. The quantitative estimate of drug-likeness (QED) is 0.404. The third-order valence-corrected chi connectivity index (χ3v) is 2.19. The Kier molecular flexibility index (Phi) is 7.58. The highest BCUT2D eigenvalue weighted by Gasteiger charge is 2.04. The number of ketones is 1. The largest absolute Gasteiger partial charge is 0.388 e. The van der Waals surface area contributed by atoms with Crippen LogP contribution in [0.15, 0.2) is 11.8 Å². The second-order valence-electron chi connectivity index (χ2n) is 3.63. The third kappa shape index (κ3) is 6.03. The molecule has 0 saturated carbocycles. The van der Waals surface area contributed by atoms with E-state index in [1.165, 1.54) is 0 Å². The molecule has 1 N–H and O–H groups in total. The van der Waals surface area contributed by atoms with Gasteiger partial charge < -0.3 is 5.32 Å². The summed E-state index contributed by atoms with van der Waals surface area (Å²) in [6.07, 6.45) is 3.90. The molecule has 14 heavy (non-hydrogen) atoms. The molecule has 0 radical (unpaired) electrons. The van der Waals surface area contributed by atoms with Crippen LogP contribution in [0.1, 0.15) is 33.6 Å². The predicted octanol–water partition coefficient (Wildman–Crippen LogP) is 2.72. The minimum Gasteiger partial charge on any atom is -0.388 e. The fourth-order valence-corrected chi connectivity index (χ4v) is 1.12. The fourth-order valence-electron chi connectivity index (χ4n) is 1.04. The molecule has 0 bridgehead atoms. The van der Waals surface area contributed by atoms with Crippen LogP contribution in [-0.4, -0.2) is 18.2 Å². The van der Waals surface area contributed by atoms with Crippen LogP contribution in [0.4, 0.5) is 0 Å². The van der Waals surface area contributed by atoms with E-state index in [0.29, 0.717) is 5.92 Å². The zero-order valence-electron chi connectivity index (χ0n) is 9.27. The van der Waals surface area contributed by atoms with Gasteiger partial charge in [-0.2, -0.15) is 0 Å². The average Bonchev–Trinajstić information content (AvgIpc) is 2.16. The van der Waals surface area contributed by atoms with Crippen molar-refractivity contribution in [3.8, 4) is 0 Å². The second-order valence-corrected chi connectivity index (χ2v) is 3.90. The molecule has 0 unspecified atom stereocenters. The molecule has 0 heterocycles. The van der Waals surface area contributed by atoms with Gasteiger partial charge in [-0.3, -0.25) is 4.79 Å². The first-order chi connectivity index (χ1) is 6.61. The summed E-state index contributed by atoms with van der Waals surface area (Å²) in [5.41, 5.74) is 0.990. The van der Waals surface area contributed by atoms with Crippen molar-refractivity contribution in [3.05, 3.63) is 11.8 Å². The summed E-state index contributed by atoms with van der Waals surface area (Å²) < 4.78 is 0. The van der Waals surface area contributed by atoms with Crippen molar-refractivity contribution < 1.29 is 4.79 Å². The molecule has 0 fully saturated rings. The number of hydrogen-bond acceptors (Lipinski definition) is 2. The molecule has 0 aliphatic heterocycles. The van der Waals surface area contributed by atoms with E-state index in [0.717, 1.165) is 25.1 Å². The van der Waals surface area contributed by atoms with E-state index in [1.54, 1.807) is 6.08 Å². The van der Waals surface area contributed by atoms with Gasteiger partial charge in [-0.25, -0.2) is 0 Å². The molecule has 82 valence electrons. The zero-order chi connectivity index (χ0) is 11.0. The number of carbonyl (C=O) groups excluding carboxylic acids is 1. The Morgan fingerprint density at radius 1 is 1.50 bits per heavy atom. The number of hydrogen-bond donors (Lipinski definition) is 1. The van der Waals surface area contributed by atoms with Crippen LogP contribution in [0.3, 0.4) is 0 Å². The van der Waals surface area contributed by atoms with E-state index in [4.69, 9.17) is 11.6 Å². The Labute approximate surface area is 91.7 Å². The Balaban J connectivity index is 4.15. The lowest BCUT2D eigenvalue weighted by Gasteiger charge is -2.13. The Morgan fingerprint density at radius 3 is 2.57 bits per heavy atom. The Morgan fingerprint density at radius 2 is 2.14 bits per heavy atom. The van der Waals surface area contributed by atoms with E-state index in [2.05, 4.69) is 26.1 Å². The van der Waals surface area contributed by atoms with Gasteiger partial charge in [-0.05, 0) is 12.3 Å². The smallest absolute Gasteiger partial charge is 0.172 e. The van der Waals surface area contributed by atoms with Gasteiger partial charge in [-0.15, -0.1) is 11.6 Å². The lowest BCUT2D eigenvalue weighted by atomic mass is 10.1. The van der Waals surface area contributed by atoms with Gasteiger partial charge in [0.25, 0.3) is 0 Å². The molecule has 0 atom stereocenters. The Bertz CT molecular complexity index is 199. The molecule has 0 aromatic carbocycles. The molecule has 0 aromatic rings. The maximum atomic E-state index is 11.1.